The summed E-state index contributed by atoms with van der Waals surface area (Å²) in [6.45, 7) is 0.706. The molecule has 78 valence electrons. The number of hydrogen-bond acceptors (Lipinski definition) is 4. The van der Waals surface area contributed by atoms with Gasteiger partial charge in [-0.15, -0.1) is 11.8 Å². The maximum Gasteiger partial charge on any atom is 0.0477 e. The summed E-state index contributed by atoms with van der Waals surface area (Å²) in [6, 6.07) is 6.26. The van der Waals surface area contributed by atoms with Crippen LogP contribution in [0.3, 0.4) is 0 Å². The van der Waals surface area contributed by atoms with Gasteiger partial charge in [0, 0.05) is 42.7 Å². The Hall–Kier alpha value is -0.870. The molecule has 0 spiro atoms. The quantitative estimate of drug-likeness (QED) is 0.650. The number of hydrogen-bond donors (Lipinski definition) is 3. The summed E-state index contributed by atoms with van der Waals surface area (Å²) in [5, 5.41) is 6.29. The van der Waals surface area contributed by atoms with Crippen molar-refractivity contribution in [2.45, 2.75) is 4.90 Å². The van der Waals surface area contributed by atoms with Crippen LogP contribution in [0.2, 0.25) is 0 Å². The Labute approximate surface area is 89.5 Å². The van der Waals surface area contributed by atoms with Crippen LogP contribution >= 0.6 is 11.8 Å². The van der Waals surface area contributed by atoms with Gasteiger partial charge >= 0.3 is 0 Å². The Morgan fingerprint density at radius 3 is 2.64 bits per heavy atom. The van der Waals surface area contributed by atoms with Crippen LogP contribution in [0.1, 0.15) is 0 Å². The second-order valence-electron chi connectivity index (χ2n) is 2.85. The predicted molar refractivity (Wildman–Crippen MR) is 65.3 cm³/mol. The first-order valence-corrected chi connectivity index (χ1v) is 5.62. The standard InChI is InChI=1S/C10H17N3S/c1-12-8-3-4-9(13-2)10(7-8)14-6-5-11/h3-4,7,12-13H,5-6,11H2,1-2H3. The molecule has 0 aliphatic heterocycles. The van der Waals surface area contributed by atoms with Crippen molar-refractivity contribution in [1.29, 1.82) is 0 Å². The first kappa shape index (κ1) is 11.2. The van der Waals surface area contributed by atoms with Crippen molar-refractivity contribution in [3.05, 3.63) is 18.2 Å². The molecule has 0 unspecified atom stereocenters. The first-order valence-electron chi connectivity index (χ1n) is 4.64. The molecule has 3 nitrogen and oxygen atoms in total. The molecule has 0 heterocycles. The van der Waals surface area contributed by atoms with Gasteiger partial charge in [0.15, 0.2) is 0 Å². The molecule has 14 heavy (non-hydrogen) atoms. The van der Waals surface area contributed by atoms with Gasteiger partial charge in [0.05, 0.1) is 0 Å². The topological polar surface area (TPSA) is 50.1 Å². The summed E-state index contributed by atoms with van der Waals surface area (Å²) in [5.41, 5.74) is 7.76. The maximum atomic E-state index is 5.48. The lowest BCUT2D eigenvalue weighted by atomic mass is 10.3. The fraction of sp³-hybridized carbons (Fsp3) is 0.400. The number of anilines is 2. The molecule has 0 saturated heterocycles. The van der Waals surface area contributed by atoms with Crippen LogP contribution in [0.15, 0.2) is 23.1 Å². The van der Waals surface area contributed by atoms with E-state index in [9.17, 15) is 0 Å². The van der Waals surface area contributed by atoms with Gasteiger partial charge in [-0.25, -0.2) is 0 Å². The number of nitrogens with two attached hydrogens (primary N) is 1. The van der Waals surface area contributed by atoms with Crippen molar-refractivity contribution >= 4 is 23.1 Å². The number of benzene rings is 1. The van der Waals surface area contributed by atoms with Crippen molar-refractivity contribution in [1.82, 2.24) is 0 Å². The van der Waals surface area contributed by atoms with Gasteiger partial charge in [0.25, 0.3) is 0 Å². The summed E-state index contributed by atoms with van der Waals surface area (Å²) in [7, 11) is 3.85. The monoisotopic (exact) mass is 211 g/mol. The van der Waals surface area contributed by atoms with E-state index in [2.05, 4.69) is 28.8 Å². The molecule has 0 atom stereocenters. The summed E-state index contributed by atoms with van der Waals surface area (Å²) in [5.74, 6) is 0.946. The molecule has 0 aromatic heterocycles. The smallest absolute Gasteiger partial charge is 0.0477 e. The van der Waals surface area contributed by atoms with E-state index in [4.69, 9.17) is 5.73 Å². The van der Waals surface area contributed by atoms with Gasteiger partial charge < -0.3 is 16.4 Å². The van der Waals surface area contributed by atoms with Gasteiger partial charge in [0.2, 0.25) is 0 Å². The molecule has 4 N–H and O–H groups in total. The Kier molecular flexibility index (Phi) is 4.62. The number of rotatable bonds is 5. The highest BCUT2D eigenvalue weighted by Crippen LogP contribution is 2.29. The van der Waals surface area contributed by atoms with Gasteiger partial charge in [-0.1, -0.05) is 0 Å². The highest BCUT2D eigenvalue weighted by Gasteiger charge is 2.01. The zero-order valence-electron chi connectivity index (χ0n) is 8.63. The summed E-state index contributed by atoms with van der Waals surface area (Å²) in [4.78, 5) is 1.24. The molecule has 0 saturated carbocycles. The van der Waals surface area contributed by atoms with Crippen molar-refractivity contribution in [3.8, 4) is 0 Å². The number of thioether (sulfide) groups is 1. The predicted octanol–water partition coefficient (Wildman–Crippen LogP) is 1.82. The van der Waals surface area contributed by atoms with Crippen molar-refractivity contribution < 1.29 is 0 Å². The fourth-order valence-electron chi connectivity index (χ4n) is 1.17. The summed E-state index contributed by atoms with van der Waals surface area (Å²) in [6.07, 6.45) is 0. The van der Waals surface area contributed by atoms with Crippen LogP contribution < -0.4 is 16.4 Å². The number of nitrogens with one attached hydrogen (secondary N) is 2. The highest BCUT2D eigenvalue weighted by atomic mass is 32.2. The molecule has 0 aliphatic carbocycles. The molecule has 1 rings (SSSR count). The van der Waals surface area contributed by atoms with E-state index in [1.165, 1.54) is 4.90 Å². The minimum absolute atomic E-state index is 0.706. The lowest BCUT2D eigenvalue weighted by Crippen LogP contribution is -2.02. The molecular formula is C10H17N3S. The van der Waals surface area contributed by atoms with E-state index in [-0.39, 0.29) is 0 Å². The molecule has 0 radical (unpaired) electrons. The molecule has 0 bridgehead atoms. The van der Waals surface area contributed by atoms with Gasteiger partial charge in [-0.3, -0.25) is 0 Å². The van der Waals surface area contributed by atoms with E-state index in [1.807, 2.05) is 14.1 Å². The third-order valence-corrected chi connectivity index (χ3v) is 3.00. The van der Waals surface area contributed by atoms with Gasteiger partial charge in [-0.05, 0) is 18.2 Å². The molecular weight excluding hydrogens is 194 g/mol. The minimum Gasteiger partial charge on any atom is -0.388 e. The second kappa shape index (κ2) is 5.78. The van der Waals surface area contributed by atoms with E-state index < -0.39 is 0 Å². The first-order chi connectivity index (χ1) is 6.81. The van der Waals surface area contributed by atoms with Crippen molar-refractivity contribution in [3.63, 3.8) is 0 Å². The molecule has 0 aliphatic rings. The normalized spacial score (nSPS) is 9.93. The lowest BCUT2D eigenvalue weighted by molar-refractivity contribution is 1.15. The maximum absolute atomic E-state index is 5.48. The zero-order chi connectivity index (χ0) is 10.4. The molecule has 4 heteroatoms. The molecule has 1 aromatic carbocycles. The Bertz CT molecular complexity index is 289. The van der Waals surface area contributed by atoms with E-state index in [1.54, 1.807) is 11.8 Å². The Morgan fingerprint density at radius 1 is 1.29 bits per heavy atom. The van der Waals surface area contributed by atoms with E-state index in [0.29, 0.717) is 6.54 Å². The largest absolute Gasteiger partial charge is 0.388 e. The Balaban J connectivity index is 2.84. The van der Waals surface area contributed by atoms with Crippen LogP contribution in [-0.4, -0.2) is 26.4 Å². The molecule has 0 amide bonds. The third kappa shape index (κ3) is 2.82. The lowest BCUT2D eigenvalue weighted by Gasteiger charge is -2.10. The SMILES string of the molecule is CNc1ccc(NC)c(SCCN)c1. The average molecular weight is 211 g/mol. The van der Waals surface area contributed by atoms with Gasteiger partial charge in [-0.2, -0.15) is 0 Å². The van der Waals surface area contributed by atoms with Crippen LogP contribution in [-0.2, 0) is 0 Å². The fourth-order valence-corrected chi connectivity index (χ4v) is 2.05. The minimum atomic E-state index is 0.706. The summed E-state index contributed by atoms with van der Waals surface area (Å²) >= 11 is 1.77. The third-order valence-electron chi connectivity index (χ3n) is 1.92. The van der Waals surface area contributed by atoms with E-state index in [0.717, 1.165) is 17.1 Å². The summed E-state index contributed by atoms with van der Waals surface area (Å²) < 4.78 is 0. The van der Waals surface area contributed by atoms with Crippen LogP contribution in [0.4, 0.5) is 11.4 Å². The highest BCUT2D eigenvalue weighted by molar-refractivity contribution is 7.99. The average Bonchev–Trinajstić information content (AvgIpc) is 2.25. The van der Waals surface area contributed by atoms with E-state index >= 15 is 0 Å². The van der Waals surface area contributed by atoms with Crippen LogP contribution in [0, 0.1) is 0 Å². The van der Waals surface area contributed by atoms with Gasteiger partial charge in [0.1, 0.15) is 0 Å². The van der Waals surface area contributed by atoms with Crippen LogP contribution in [0.5, 0.6) is 0 Å². The second-order valence-corrected chi connectivity index (χ2v) is 3.98. The van der Waals surface area contributed by atoms with Crippen LogP contribution in [0.25, 0.3) is 0 Å². The van der Waals surface area contributed by atoms with Crippen molar-refractivity contribution in [2.24, 2.45) is 5.73 Å². The molecule has 0 fully saturated rings. The Morgan fingerprint density at radius 2 is 2.07 bits per heavy atom. The van der Waals surface area contributed by atoms with Crippen molar-refractivity contribution in [2.75, 3.05) is 37.0 Å². The zero-order valence-corrected chi connectivity index (χ0v) is 9.45. The molecule has 1 aromatic rings.